The van der Waals surface area contributed by atoms with Gasteiger partial charge in [0.05, 0.1) is 25.4 Å². The lowest BCUT2D eigenvalue weighted by Crippen LogP contribution is -2.44. The number of carbonyl (C=O) groups is 2. The number of hydrogen-bond donors (Lipinski definition) is 2. The van der Waals surface area contributed by atoms with Crippen LogP contribution in [0.15, 0.2) is 12.1 Å². The number of Topliss-reactive ketones (excluding diaryl/α,β-unsaturated/α-hetero) is 1. The van der Waals surface area contributed by atoms with Gasteiger partial charge in [-0.05, 0) is 33.3 Å². The number of ether oxygens (including phenoxy) is 2. The van der Waals surface area contributed by atoms with Crippen molar-refractivity contribution in [2.75, 3.05) is 14.2 Å². The van der Waals surface area contributed by atoms with Crippen molar-refractivity contribution in [3.8, 4) is 11.5 Å². The van der Waals surface area contributed by atoms with Gasteiger partial charge in [0.25, 0.3) is 11.7 Å². The summed E-state index contributed by atoms with van der Waals surface area (Å²) in [5.74, 6) is -0.0511. The SMILES string of the molecule is COc1cc(OC)c2c(C)c(C(=O)C(=O)NC(C)(C)C)[nH]c2c1. The summed E-state index contributed by atoms with van der Waals surface area (Å²) in [6, 6.07) is 3.51. The predicted molar refractivity (Wildman–Crippen MR) is 88.4 cm³/mol. The molecular formula is C17H22N2O4. The number of aromatic amines is 1. The molecule has 0 fully saturated rings. The zero-order valence-electron chi connectivity index (χ0n) is 14.3. The van der Waals surface area contributed by atoms with Crippen LogP contribution in [-0.4, -0.2) is 36.4 Å². The maximum atomic E-state index is 12.5. The second-order valence-corrected chi connectivity index (χ2v) is 6.41. The van der Waals surface area contributed by atoms with Gasteiger partial charge in [0, 0.05) is 23.1 Å². The third-order valence-corrected chi connectivity index (χ3v) is 3.46. The number of aryl methyl sites for hydroxylation is 1. The molecule has 0 saturated heterocycles. The van der Waals surface area contributed by atoms with Gasteiger partial charge in [-0.2, -0.15) is 0 Å². The van der Waals surface area contributed by atoms with Crippen molar-refractivity contribution >= 4 is 22.6 Å². The van der Waals surface area contributed by atoms with E-state index in [-0.39, 0.29) is 5.69 Å². The van der Waals surface area contributed by atoms with Gasteiger partial charge in [-0.25, -0.2) is 0 Å². The molecule has 6 nitrogen and oxygen atoms in total. The average Bonchev–Trinajstić information content (AvgIpc) is 2.80. The van der Waals surface area contributed by atoms with Gasteiger partial charge >= 0.3 is 0 Å². The monoisotopic (exact) mass is 318 g/mol. The lowest BCUT2D eigenvalue weighted by atomic mass is 10.1. The first kappa shape index (κ1) is 16.9. The summed E-state index contributed by atoms with van der Waals surface area (Å²) in [6.07, 6.45) is 0. The maximum absolute atomic E-state index is 12.5. The standard InChI is InChI=1S/C17H22N2O4/c1-9-13-11(7-10(22-5)8-12(13)23-6)18-14(9)15(20)16(21)19-17(2,3)4/h7-8,18H,1-6H3,(H,19,21). The van der Waals surface area contributed by atoms with Crippen LogP contribution in [0.25, 0.3) is 10.9 Å². The number of hydrogen-bond acceptors (Lipinski definition) is 4. The van der Waals surface area contributed by atoms with Crippen molar-refractivity contribution in [3.63, 3.8) is 0 Å². The Balaban J connectivity index is 2.52. The van der Waals surface area contributed by atoms with Gasteiger partial charge in [-0.3, -0.25) is 9.59 Å². The molecule has 0 bridgehead atoms. The molecule has 0 atom stereocenters. The highest BCUT2D eigenvalue weighted by atomic mass is 16.5. The number of ketones is 1. The van der Waals surface area contributed by atoms with Crippen LogP contribution >= 0.6 is 0 Å². The van der Waals surface area contributed by atoms with E-state index < -0.39 is 17.2 Å². The Morgan fingerprint density at radius 3 is 2.30 bits per heavy atom. The van der Waals surface area contributed by atoms with Crippen LogP contribution in [0.5, 0.6) is 11.5 Å². The van der Waals surface area contributed by atoms with Crippen LogP contribution in [0.3, 0.4) is 0 Å². The van der Waals surface area contributed by atoms with Gasteiger partial charge < -0.3 is 19.8 Å². The van der Waals surface area contributed by atoms with Gasteiger partial charge in [-0.1, -0.05) is 0 Å². The first-order valence-corrected chi connectivity index (χ1v) is 7.29. The predicted octanol–water partition coefficient (Wildman–Crippen LogP) is 2.59. The highest BCUT2D eigenvalue weighted by Gasteiger charge is 2.26. The average molecular weight is 318 g/mol. The molecule has 1 aromatic heterocycles. The highest BCUT2D eigenvalue weighted by Crippen LogP contribution is 2.34. The first-order valence-electron chi connectivity index (χ1n) is 7.29. The number of rotatable bonds is 4. The minimum absolute atomic E-state index is 0.258. The Kier molecular flexibility index (Phi) is 4.36. The summed E-state index contributed by atoms with van der Waals surface area (Å²) in [7, 11) is 3.10. The van der Waals surface area contributed by atoms with Crippen LogP contribution in [0.1, 0.15) is 36.8 Å². The Morgan fingerprint density at radius 2 is 1.78 bits per heavy atom. The molecule has 2 N–H and O–H groups in total. The van der Waals surface area contributed by atoms with Crippen LogP contribution in [0.2, 0.25) is 0 Å². The molecule has 1 amide bonds. The van der Waals surface area contributed by atoms with E-state index in [1.807, 2.05) is 20.8 Å². The summed E-state index contributed by atoms with van der Waals surface area (Å²) >= 11 is 0. The van der Waals surface area contributed by atoms with Crippen molar-refractivity contribution in [2.24, 2.45) is 0 Å². The Hall–Kier alpha value is -2.50. The molecule has 0 radical (unpaired) electrons. The zero-order valence-corrected chi connectivity index (χ0v) is 14.3. The van der Waals surface area contributed by atoms with Crippen molar-refractivity contribution in [1.82, 2.24) is 10.3 Å². The lowest BCUT2D eigenvalue weighted by molar-refractivity contribution is -0.118. The van der Waals surface area contributed by atoms with E-state index in [0.29, 0.717) is 22.6 Å². The number of benzene rings is 1. The molecule has 2 aromatic rings. The van der Waals surface area contributed by atoms with E-state index in [0.717, 1.165) is 5.39 Å². The Bertz CT molecular complexity index is 769. The van der Waals surface area contributed by atoms with Crippen molar-refractivity contribution in [2.45, 2.75) is 33.2 Å². The third kappa shape index (κ3) is 3.31. The first-order chi connectivity index (χ1) is 10.7. The van der Waals surface area contributed by atoms with Gasteiger partial charge in [0.15, 0.2) is 0 Å². The maximum Gasteiger partial charge on any atom is 0.294 e. The summed E-state index contributed by atoms with van der Waals surface area (Å²) in [4.78, 5) is 27.6. The summed E-state index contributed by atoms with van der Waals surface area (Å²) < 4.78 is 10.6. The van der Waals surface area contributed by atoms with Crippen LogP contribution in [0.4, 0.5) is 0 Å². The topological polar surface area (TPSA) is 80.4 Å². The molecule has 23 heavy (non-hydrogen) atoms. The number of amides is 1. The van der Waals surface area contributed by atoms with E-state index in [2.05, 4.69) is 10.3 Å². The summed E-state index contributed by atoms with van der Waals surface area (Å²) in [5, 5.41) is 3.44. The number of fused-ring (bicyclic) bond motifs is 1. The summed E-state index contributed by atoms with van der Waals surface area (Å²) in [5.41, 5.74) is 1.14. The van der Waals surface area contributed by atoms with Crippen molar-refractivity contribution in [3.05, 3.63) is 23.4 Å². The number of aromatic nitrogens is 1. The van der Waals surface area contributed by atoms with E-state index in [9.17, 15) is 9.59 Å². The molecule has 1 aromatic carbocycles. The molecule has 0 aliphatic carbocycles. The largest absolute Gasteiger partial charge is 0.497 e. The van der Waals surface area contributed by atoms with E-state index in [1.165, 1.54) is 0 Å². The van der Waals surface area contributed by atoms with Gasteiger partial charge in [0.1, 0.15) is 11.5 Å². The normalized spacial score (nSPS) is 11.4. The van der Waals surface area contributed by atoms with Crippen molar-refractivity contribution < 1.29 is 19.1 Å². The molecule has 6 heteroatoms. The molecular weight excluding hydrogens is 296 g/mol. The molecule has 0 aliphatic rings. The molecule has 0 saturated carbocycles. The number of H-pyrrole nitrogens is 1. The minimum Gasteiger partial charge on any atom is -0.497 e. The van der Waals surface area contributed by atoms with Gasteiger partial charge in [-0.15, -0.1) is 0 Å². The highest BCUT2D eigenvalue weighted by molar-refractivity contribution is 6.43. The van der Waals surface area contributed by atoms with E-state index >= 15 is 0 Å². The molecule has 2 rings (SSSR count). The van der Waals surface area contributed by atoms with Crippen LogP contribution < -0.4 is 14.8 Å². The lowest BCUT2D eigenvalue weighted by Gasteiger charge is -2.19. The Labute approximate surface area is 135 Å². The molecule has 0 spiro atoms. The number of nitrogens with one attached hydrogen (secondary N) is 2. The smallest absolute Gasteiger partial charge is 0.294 e. The second-order valence-electron chi connectivity index (χ2n) is 6.41. The third-order valence-electron chi connectivity index (χ3n) is 3.46. The minimum atomic E-state index is -0.641. The van der Waals surface area contributed by atoms with Crippen LogP contribution in [0, 0.1) is 6.92 Å². The van der Waals surface area contributed by atoms with E-state index in [1.54, 1.807) is 33.3 Å². The molecule has 1 heterocycles. The van der Waals surface area contributed by atoms with E-state index in [4.69, 9.17) is 9.47 Å². The number of carbonyl (C=O) groups excluding carboxylic acids is 2. The van der Waals surface area contributed by atoms with Crippen LogP contribution in [-0.2, 0) is 4.79 Å². The molecule has 0 aliphatic heterocycles. The zero-order chi connectivity index (χ0) is 17.4. The quantitative estimate of drug-likeness (QED) is 0.671. The fraction of sp³-hybridized carbons (Fsp3) is 0.412. The van der Waals surface area contributed by atoms with Crippen molar-refractivity contribution in [1.29, 1.82) is 0 Å². The fourth-order valence-corrected chi connectivity index (χ4v) is 2.45. The molecule has 0 unspecified atom stereocenters. The fourth-order valence-electron chi connectivity index (χ4n) is 2.45. The van der Waals surface area contributed by atoms with Gasteiger partial charge in [0.2, 0.25) is 0 Å². The second kappa shape index (κ2) is 5.95. The number of methoxy groups -OCH3 is 2. The Morgan fingerprint density at radius 1 is 1.13 bits per heavy atom. The summed E-state index contributed by atoms with van der Waals surface area (Å²) in [6.45, 7) is 7.25. The molecule has 124 valence electrons.